The Kier molecular flexibility index (Phi) is 5.59. The van der Waals surface area contributed by atoms with Gasteiger partial charge in [-0.25, -0.2) is 4.79 Å². The Morgan fingerprint density at radius 2 is 2.00 bits per heavy atom. The number of carbonyl (C=O) groups is 3. The van der Waals surface area contributed by atoms with Crippen LogP contribution in [-0.4, -0.2) is 35.5 Å². The highest BCUT2D eigenvalue weighted by molar-refractivity contribution is 6.01. The number of para-hydroxylation sites is 1. The van der Waals surface area contributed by atoms with E-state index in [0.717, 1.165) is 17.7 Å². The number of carbonyl (C=O) groups excluding carboxylic acids is 2. The summed E-state index contributed by atoms with van der Waals surface area (Å²) in [6, 6.07) is 6.70. The van der Waals surface area contributed by atoms with Crippen LogP contribution in [0.15, 0.2) is 24.3 Å². The number of rotatable bonds is 6. The molecule has 24 heavy (non-hydrogen) atoms. The van der Waals surface area contributed by atoms with Crippen molar-refractivity contribution in [3.05, 3.63) is 29.8 Å². The molecule has 0 saturated carbocycles. The number of anilines is 1. The van der Waals surface area contributed by atoms with E-state index in [1.54, 1.807) is 18.7 Å². The topological polar surface area (TPSA) is 86.7 Å². The maximum absolute atomic E-state index is 12.4. The van der Waals surface area contributed by atoms with Crippen molar-refractivity contribution in [3.8, 4) is 0 Å². The molecular weight excluding hydrogens is 308 g/mol. The van der Waals surface area contributed by atoms with Crippen LogP contribution in [0, 0.1) is 11.8 Å². The number of nitrogens with zero attached hydrogens (tertiary/aromatic N) is 1. The molecule has 0 spiro atoms. The predicted molar refractivity (Wildman–Crippen MR) is 90.7 cm³/mol. The van der Waals surface area contributed by atoms with Gasteiger partial charge in [-0.1, -0.05) is 39.0 Å². The van der Waals surface area contributed by atoms with E-state index in [9.17, 15) is 19.5 Å². The minimum atomic E-state index is -1.06. The summed E-state index contributed by atoms with van der Waals surface area (Å²) in [5.74, 6) is -2.28. The van der Waals surface area contributed by atoms with E-state index in [-0.39, 0.29) is 30.7 Å². The third kappa shape index (κ3) is 3.75. The van der Waals surface area contributed by atoms with Crippen LogP contribution < -0.4 is 10.2 Å². The molecule has 2 amide bonds. The Morgan fingerprint density at radius 1 is 1.33 bits per heavy atom. The van der Waals surface area contributed by atoms with Crippen LogP contribution in [0.2, 0.25) is 0 Å². The standard InChI is InChI=1S/C18H24N2O4/c1-4-12-7-5-6-8-14(12)20-10-13(9-15(20)21)17(22)19-16(11(2)3)18(23)24/h5-8,11,13,16H,4,9-10H2,1-3H3,(H,19,22)(H,23,24)/t13?,16-/m0/s1. The molecule has 6 heteroatoms. The fraction of sp³-hybridized carbons (Fsp3) is 0.500. The van der Waals surface area contributed by atoms with E-state index in [0.29, 0.717) is 0 Å². The molecule has 0 aliphatic carbocycles. The molecule has 1 aliphatic rings. The Morgan fingerprint density at radius 3 is 2.58 bits per heavy atom. The summed E-state index contributed by atoms with van der Waals surface area (Å²) in [5, 5.41) is 11.8. The first kappa shape index (κ1) is 18.0. The molecule has 0 radical (unpaired) electrons. The zero-order valence-corrected chi connectivity index (χ0v) is 14.3. The average Bonchev–Trinajstić information content (AvgIpc) is 2.93. The maximum Gasteiger partial charge on any atom is 0.326 e. The van der Waals surface area contributed by atoms with Crippen molar-refractivity contribution in [2.45, 2.75) is 39.7 Å². The third-order valence-corrected chi connectivity index (χ3v) is 4.39. The van der Waals surface area contributed by atoms with Gasteiger partial charge in [0.25, 0.3) is 0 Å². The summed E-state index contributed by atoms with van der Waals surface area (Å²) in [4.78, 5) is 37.6. The predicted octanol–water partition coefficient (Wildman–Crippen LogP) is 1.83. The van der Waals surface area contributed by atoms with Gasteiger partial charge in [-0.05, 0) is 24.0 Å². The molecule has 1 fully saturated rings. The molecule has 1 heterocycles. The van der Waals surface area contributed by atoms with E-state index in [4.69, 9.17) is 0 Å². The second-order valence-corrected chi connectivity index (χ2v) is 6.46. The third-order valence-electron chi connectivity index (χ3n) is 4.39. The van der Waals surface area contributed by atoms with Gasteiger partial charge in [0, 0.05) is 18.7 Å². The lowest BCUT2D eigenvalue weighted by molar-refractivity contribution is -0.143. The second kappa shape index (κ2) is 7.47. The highest BCUT2D eigenvalue weighted by atomic mass is 16.4. The molecule has 2 rings (SSSR count). The second-order valence-electron chi connectivity index (χ2n) is 6.46. The summed E-state index contributed by atoms with van der Waals surface area (Å²) < 4.78 is 0. The first-order valence-electron chi connectivity index (χ1n) is 8.26. The zero-order valence-electron chi connectivity index (χ0n) is 14.3. The molecule has 2 N–H and O–H groups in total. The fourth-order valence-electron chi connectivity index (χ4n) is 2.97. The minimum Gasteiger partial charge on any atom is -0.480 e. The van der Waals surface area contributed by atoms with E-state index in [1.165, 1.54) is 0 Å². The van der Waals surface area contributed by atoms with Crippen LogP contribution in [-0.2, 0) is 20.8 Å². The summed E-state index contributed by atoms with van der Waals surface area (Å²) in [6.07, 6.45) is 0.902. The average molecular weight is 332 g/mol. The number of aliphatic carboxylic acids is 1. The lowest BCUT2D eigenvalue weighted by atomic mass is 10.0. The number of hydrogen-bond acceptors (Lipinski definition) is 3. The van der Waals surface area contributed by atoms with Crippen LogP contribution in [0.25, 0.3) is 0 Å². The Balaban J connectivity index is 2.11. The van der Waals surface area contributed by atoms with Gasteiger partial charge in [-0.15, -0.1) is 0 Å². The van der Waals surface area contributed by atoms with Crippen LogP contribution >= 0.6 is 0 Å². The van der Waals surface area contributed by atoms with Gasteiger partial charge in [-0.2, -0.15) is 0 Å². The largest absolute Gasteiger partial charge is 0.480 e. The van der Waals surface area contributed by atoms with Crippen molar-refractivity contribution in [2.24, 2.45) is 11.8 Å². The smallest absolute Gasteiger partial charge is 0.326 e. The van der Waals surface area contributed by atoms with Gasteiger partial charge in [0.1, 0.15) is 6.04 Å². The van der Waals surface area contributed by atoms with Gasteiger partial charge in [-0.3, -0.25) is 9.59 Å². The molecule has 0 bridgehead atoms. The minimum absolute atomic E-state index is 0.104. The summed E-state index contributed by atoms with van der Waals surface area (Å²) in [5.41, 5.74) is 1.89. The van der Waals surface area contributed by atoms with Crippen LogP contribution in [0.1, 0.15) is 32.8 Å². The number of amides is 2. The van der Waals surface area contributed by atoms with Crippen LogP contribution in [0.5, 0.6) is 0 Å². The molecule has 1 aliphatic heterocycles. The van der Waals surface area contributed by atoms with E-state index in [2.05, 4.69) is 5.32 Å². The van der Waals surface area contributed by atoms with Crippen molar-refractivity contribution < 1.29 is 19.5 Å². The van der Waals surface area contributed by atoms with Crippen molar-refractivity contribution in [3.63, 3.8) is 0 Å². The van der Waals surface area contributed by atoms with Gasteiger partial charge in [0.05, 0.1) is 5.92 Å². The lowest BCUT2D eigenvalue weighted by Crippen LogP contribution is -2.47. The Bertz CT molecular complexity index is 642. The van der Waals surface area contributed by atoms with Crippen molar-refractivity contribution in [1.82, 2.24) is 5.32 Å². The number of benzene rings is 1. The van der Waals surface area contributed by atoms with Crippen LogP contribution in [0.3, 0.4) is 0 Å². The van der Waals surface area contributed by atoms with Crippen molar-refractivity contribution in [2.75, 3.05) is 11.4 Å². The molecule has 1 saturated heterocycles. The quantitative estimate of drug-likeness (QED) is 0.832. The first-order valence-corrected chi connectivity index (χ1v) is 8.26. The highest BCUT2D eigenvalue weighted by Gasteiger charge is 2.37. The van der Waals surface area contributed by atoms with Crippen molar-refractivity contribution >= 4 is 23.5 Å². The molecule has 1 unspecified atom stereocenters. The van der Waals surface area contributed by atoms with Gasteiger partial charge in [0.2, 0.25) is 11.8 Å². The van der Waals surface area contributed by atoms with E-state index in [1.807, 2.05) is 31.2 Å². The number of carboxylic acid groups (broad SMARTS) is 1. The molecule has 2 atom stereocenters. The number of aryl methyl sites for hydroxylation is 1. The number of hydrogen-bond donors (Lipinski definition) is 2. The van der Waals surface area contributed by atoms with Gasteiger partial charge < -0.3 is 15.3 Å². The van der Waals surface area contributed by atoms with Crippen LogP contribution in [0.4, 0.5) is 5.69 Å². The van der Waals surface area contributed by atoms with E-state index < -0.39 is 17.9 Å². The first-order chi connectivity index (χ1) is 11.3. The summed E-state index contributed by atoms with van der Waals surface area (Å²) in [7, 11) is 0. The van der Waals surface area contributed by atoms with E-state index >= 15 is 0 Å². The maximum atomic E-state index is 12.4. The van der Waals surface area contributed by atoms with Crippen molar-refractivity contribution in [1.29, 1.82) is 0 Å². The Labute approximate surface area is 141 Å². The number of nitrogens with one attached hydrogen (secondary N) is 1. The normalized spacial score (nSPS) is 18.8. The molecule has 1 aromatic carbocycles. The zero-order chi connectivity index (χ0) is 17.9. The van der Waals surface area contributed by atoms with Gasteiger partial charge >= 0.3 is 5.97 Å². The molecular formula is C18H24N2O4. The molecule has 130 valence electrons. The molecule has 1 aromatic rings. The van der Waals surface area contributed by atoms with Gasteiger partial charge in [0.15, 0.2) is 0 Å². The highest BCUT2D eigenvalue weighted by Crippen LogP contribution is 2.28. The Hall–Kier alpha value is -2.37. The number of carboxylic acids is 1. The lowest BCUT2D eigenvalue weighted by Gasteiger charge is -2.21. The summed E-state index contributed by atoms with van der Waals surface area (Å²) >= 11 is 0. The molecule has 0 aromatic heterocycles. The molecule has 6 nitrogen and oxygen atoms in total. The fourth-order valence-corrected chi connectivity index (χ4v) is 2.97. The summed E-state index contributed by atoms with van der Waals surface area (Å²) in [6.45, 7) is 5.78. The monoisotopic (exact) mass is 332 g/mol. The SMILES string of the molecule is CCc1ccccc1N1CC(C(=O)N[C@H](C(=O)O)C(C)C)CC1=O.